The average Bonchev–Trinajstić information content (AvgIpc) is 2.35. The predicted molar refractivity (Wildman–Crippen MR) is 39.0 cm³/mol. The first-order chi connectivity index (χ1) is 4.38. The van der Waals surface area contributed by atoms with Crippen LogP contribution in [0.25, 0.3) is 0 Å². The van der Waals surface area contributed by atoms with Crippen LogP contribution in [0.5, 0.6) is 0 Å². The van der Waals surface area contributed by atoms with Crippen LogP contribution in [0.2, 0.25) is 0 Å². The van der Waals surface area contributed by atoms with Gasteiger partial charge in [-0.3, -0.25) is 4.99 Å². The molecule has 2 N–H and O–H groups in total. The van der Waals surface area contributed by atoms with Gasteiger partial charge in [0.15, 0.2) is 5.84 Å². The predicted octanol–water partition coefficient (Wildman–Crippen LogP) is -0.184. The first-order valence-corrected chi connectivity index (χ1v) is 3.45. The number of hydrogen-bond donors (Lipinski definition) is 1. The van der Waals surface area contributed by atoms with Gasteiger partial charge in [-0.1, -0.05) is 11.8 Å². The highest BCUT2D eigenvalue weighted by Gasteiger charge is 2.23. The van der Waals surface area contributed by atoms with Gasteiger partial charge in [-0.2, -0.15) is 0 Å². The van der Waals surface area contributed by atoms with Gasteiger partial charge in [0.2, 0.25) is 0 Å². The van der Waals surface area contributed by atoms with Crippen molar-refractivity contribution >= 4 is 28.4 Å². The summed E-state index contributed by atoms with van der Waals surface area (Å²) < 4.78 is 0. The van der Waals surface area contributed by atoms with E-state index in [-0.39, 0.29) is 0 Å². The quantitative estimate of drug-likeness (QED) is 0.507. The summed E-state index contributed by atoms with van der Waals surface area (Å²) in [6.45, 7) is 0. The van der Waals surface area contributed by atoms with E-state index in [1.807, 2.05) is 0 Å². The van der Waals surface area contributed by atoms with Gasteiger partial charge in [-0.15, -0.1) is 10.2 Å². The molecule has 0 bridgehead atoms. The van der Waals surface area contributed by atoms with Crippen LogP contribution in [0.3, 0.4) is 0 Å². The van der Waals surface area contributed by atoms with Gasteiger partial charge in [-0.25, -0.2) is 0 Å². The summed E-state index contributed by atoms with van der Waals surface area (Å²) >= 11 is 1.57. The van der Waals surface area contributed by atoms with E-state index in [9.17, 15) is 0 Å². The van der Waals surface area contributed by atoms with Gasteiger partial charge in [-0.05, 0) is 0 Å². The molecule has 0 aromatic heterocycles. The molecule has 2 aliphatic rings. The number of aliphatic imine (C=N–C) groups is 1. The summed E-state index contributed by atoms with van der Waals surface area (Å²) in [5, 5.41) is 8.31. The van der Waals surface area contributed by atoms with Crippen LogP contribution in [0.4, 0.5) is 0 Å². The van der Waals surface area contributed by atoms with E-state index in [1.165, 1.54) is 0 Å². The highest BCUT2D eigenvalue weighted by atomic mass is 32.2. The van der Waals surface area contributed by atoms with Crippen molar-refractivity contribution in [1.82, 2.24) is 0 Å². The Bertz CT molecular complexity index is 239. The minimum Gasteiger partial charge on any atom is -0.380 e. The van der Waals surface area contributed by atoms with Crippen molar-refractivity contribution in [2.75, 3.05) is 5.88 Å². The van der Waals surface area contributed by atoms with E-state index < -0.39 is 0 Å². The van der Waals surface area contributed by atoms with Gasteiger partial charge < -0.3 is 5.73 Å². The second-order valence-corrected chi connectivity index (χ2v) is 2.60. The second kappa shape index (κ2) is 1.57. The summed E-state index contributed by atoms with van der Waals surface area (Å²) in [5.41, 5.74) is 6.19. The molecule has 46 valence electrons. The Morgan fingerprint density at radius 1 is 1.44 bits per heavy atom. The Kier molecular flexibility index (Phi) is 0.869. The molecule has 0 radical (unpaired) electrons. The van der Waals surface area contributed by atoms with Crippen LogP contribution in [-0.4, -0.2) is 22.5 Å². The number of hydrogen-bond acceptors (Lipinski definition) is 5. The molecule has 0 unspecified atom stereocenters. The minimum absolute atomic E-state index is 0.454. The van der Waals surface area contributed by atoms with E-state index in [0.717, 1.165) is 16.6 Å². The number of amidine groups is 1. The molecule has 0 atom stereocenters. The van der Waals surface area contributed by atoms with E-state index in [2.05, 4.69) is 15.2 Å². The van der Waals surface area contributed by atoms with Crippen LogP contribution in [0, 0.1) is 0 Å². The molecule has 2 heterocycles. The monoisotopic (exact) mass is 140 g/mol. The van der Waals surface area contributed by atoms with Crippen molar-refractivity contribution in [2.45, 2.75) is 0 Å². The summed E-state index contributed by atoms with van der Waals surface area (Å²) in [4.78, 5) is 4.07. The molecule has 0 saturated heterocycles. The lowest BCUT2D eigenvalue weighted by molar-refractivity contribution is 1.26. The standard InChI is InChI=1S/C4H4N4S/c5-3-2-4(8-7-3)9-1-6-2/h1H2,(H2,5,7). The molecular formula is C4H4N4S. The normalized spacial score (nSPS) is 22.9. The lowest BCUT2D eigenvalue weighted by atomic mass is 10.4. The molecule has 0 aromatic carbocycles. The molecule has 0 spiro atoms. The summed E-state index contributed by atoms with van der Waals surface area (Å²) in [6, 6.07) is 0. The lowest BCUT2D eigenvalue weighted by Crippen LogP contribution is -2.22. The number of nitrogens with two attached hydrogens (primary N) is 1. The number of thioether (sulfide) groups is 1. The van der Waals surface area contributed by atoms with E-state index in [0.29, 0.717) is 5.84 Å². The lowest BCUT2D eigenvalue weighted by Gasteiger charge is -1.85. The van der Waals surface area contributed by atoms with Crippen molar-refractivity contribution in [1.29, 1.82) is 0 Å². The van der Waals surface area contributed by atoms with E-state index in [1.54, 1.807) is 11.8 Å². The van der Waals surface area contributed by atoms with E-state index >= 15 is 0 Å². The molecule has 0 aliphatic carbocycles. The highest BCUT2D eigenvalue weighted by Crippen LogP contribution is 2.17. The fourth-order valence-electron chi connectivity index (χ4n) is 0.707. The number of rotatable bonds is 0. The molecule has 0 aromatic rings. The molecular weight excluding hydrogens is 136 g/mol. The van der Waals surface area contributed by atoms with Gasteiger partial charge in [0, 0.05) is 0 Å². The Morgan fingerprint density at radius 3 is 3.11 bits per heavy atom. The van der Waals surface area contributed by atoms with Crippen LogP contribution in [0.15, 0.2) is 15.2 Å². The largest absolute Gasteiger partial charge is 0.380 e. The zero-order valence-corrected chi connectivity index (χ0v) is 5.35. The van der Waals surface area contributed by atoms with Crippen molar-refractivity contribution in [3.05, 3.63) is 0 Å². The van der Waals surface area contributed by atoms with E-state index in [4.69, 9.17) is 5.73 Å². The fraction of sp³-hybridized carbons (Fsp3) is 0.250. The maximum atomic E-state index is 5.41. The molecule has 4 nitrogen and oxygen atoms in total. The average molecular weight is 140 g/mol. The number of fused-ring (bicyclic) bond motifs is 1. The molecule has 9 heavy (non-hydrogen) atoms. The number of nitrogens with zero attached hydrogens (tertiary/aromatic N) is 3. The van der Waals surface area contributed by atoms with Gasteiger partial charge >= 0.3 is 0 Å². The van der Waals surface area contributed by atoms with Crippen molar-refractivity contribution in [3.63, 3.8) is 0 Å². The first kappa shape index (κ1) is 4.99. The van der Waals surface area contributed by atoms with Gasteiger partial charge in [0.25, 0.3) is 0 Å². The molecule has 2 rings (SSSR count). The first-order valence-electron chi connectivity index (χ1n) is 2.47. The third-order valence-corrected chi connectivity index (χ3v) is 1.92. The zero-order valence-electron chi connectivity index (χ0n) is 4.53. The molecule has 0 fully saturated rings. The van der Waals surface area contributed by atoms with Crippen LogP contribution < -0.4 is 5.73 Å². The summed E-state index contributed by atoms with van der Waals surface area (Å²) in [6.07, 6.45) is 0. The smallest absolute Gasteiger partial charge is 0.174 e. The van der Waals surface area contributed by atoms with Gasteiger partial charge in [0.05, 0.1) is 5.88 Å². The topological polar surface area (TPSA) is 63.1 Å². The van der Waals surface area contributed by atoms with Gasteiger partial charge in [0.1, 0.15) is 10.8 Å². The minimum atomic E-state index is 0.454. The SMILES string of the molecule is NC1=NN=C2SCN=C12. The molecule has 0 amide bonds. The molecule has 0 saturated carbocycles. The zero-order chi connectivity index (χ0) is 6.27. The Hall–Kier alpha value is -0.840. The maximum absolute atomic E-state index is 5.41. The fourth-order valence-corrected chi connectivity index (χ4v) is 1.43. The second-order valence-electron chi connectivity index (χ2n) is 1.67. The third-order valence-electron chi connectivity index (χ3n) is 1.12. The van der Waals surface area contributed by atoms with Crippen molar-refractivity contribution in [2.24, 2.45) is 20.9 Å². The third kappa shape index (κ3) is 0.578. The summed E-state index contributed by atoms with van der Waals surface area (Å²) in [7, 11) is 0. The summed E-state index contributed by atoms with van der Waals surface area (Å²) in [5.74, 6) is 1.19. The molecule has 5 heteroatoms. The molecule has 2 aliphatic heterocycles. The Labute approximate surface area is 55.9 Å². The highest BCUT2D eigenvalue weighted by molar-refractivity contribution is 8.16. The van der Waals surface area contributed by atoms with Crippen LogP contribution in [-0.2, 0) is 0 Å². The van der Waals surface area contributed by atoms with Crippen LogP contribution in [0.1, 0.15) is 0 Å². The van der Waals surface area contributed by atoms with Crippen LogP contribution >= 0.6 is 11.8 Å². The Morgan fingerprint density at radius 2 is 2.33 bits per heavy atom. The van der Waals surface area contributed by atoms with Crippen molar-refractivity contribution < 1.29 is 0 Å². The maximum Gasteiger partial charge on any atom is 0.174 e. The van der Waals surface area contributed by atoms with Crippen molar-refractivity contribution in [3.8, 4) is 0 Å². The Balaban J connectivity index is 2.46.